The van der Waals surface area contributed by atoms with Gasteiger partial charge >= 0.3 is 0 Å². The minimum Gasteiger partial charge on any atom is -0.392 e. The van der Waals surface area contributed by atoms with Crippen LogP contribution in [0, 0.1) is 0 Å². The summed E-state index contributed by atoms with van der Waals surface area (Å²) in [5.74, 6) is 0.0473. The van der Waals surface area contributed by atoms with Crippen molar-refractivity contribution in [2.75, 3.05) is 13.6 Å². The average molecular weight is 319 g/mol. The fourth-order valence-electron chi connectivity index (χ4n) is 1.92. The Kier molecular flexibility index (Phi) is 4.19. The molecule has 1 fully saturated rings. The number of hydrogen-bond donors (Lipinski definition) is 2. The molecule has 2 N–H and O–H groups in total. The van der Waals surface area contributed by atoms with E-state index in [2.05, 4.69) is 21.2 Å². The highest BCUT2D eigenvalue weighted by Gasteiger charge is 2.30. The first-order chi connectivity index (χ1) is 8.06. The van der Waals surface area contributed by atoms with Crippen molar-refractivity contribution in [1.82, 2.24) is 10.2 Å². The summed E-state index contributed by atoms with van der Waals surface area (Å²) >= 11 is 5.02. The van der Waals surface area contributed by atoms with Crippen molar-refractivity contribution in [3.63, 3.8) is 0 Å². The molecule has 94 valence electrons. The third-order valence-electron chi connectivity index (χ3n) is 2.80. The molecule has 0 aliphatic carbocycles. The van der Waals surface area contributed by atoms with Crippen LogP contribution in [0.5, 0.6) is 0 Å². The Morgan fingerprint density at radius 1 is 1.76 bits per heavy atom. The fraction of sp³-hybridized carbons (Fsp3) is 0.545. The smallest absolute Gasteiger partial charge is 0.239 e. The Balaban J connectivity index is 1.91. The molecule has 4 nitrogen and oxygen atoms in total. The predicted molar refractivity (Wildman–Crippen MR) is 70.9 cm³/mol. The maximum atomic E-state index is 12.0. The van der Waals surface area contributed by atoms with E-state index < -0.39 is 6.10 Å². The second-order valence-electron chi connectivity index (χ2n) is 4.28. The summed E-state index contributed by atoms with van der Waals surface area (Å²) < 4.78 is 1.05. The summed E-state index contributed by atoms with van der Waals surface area (Å²) in [6.07, 6.45) is 0.116. The van der Waals surface area contributed by atoms with Gasteiger partial charge < -0.3 is 15.3 Å². The zero-order chi connectivity index (χ0) is 12.4. The van der Waals surface area contributed by atoms with Gasteiger partial charge in [-0.3, -0.25) is 4.79 Å². The summed E-state index contributed by atoms with van der Waals surface area (Å²) in [6, 6.07) is 1.78. The quantitative estimate of drug-likeness (QED) is 0.880. The van der Waals surface area contributed by atoms with Crippen LogP contribution in [0.4, 0.5) is 0 Å². The molecule has 2 unspecified atom stereocenters. The third kappa shape index (κ3) is 3.28. The van der Waals surface area contributed by atoms with E-state index in [1.54, 1.807) is 23.3 Å². The van der Waals surface area contributed by atoms with Crippen LogP contribution in [-0.2, 0) is 11.3 Å². The van der Waals surface area contributed by atoms with Gasteiger partial charge in [-0.2, -0.15) is 0 Å². The van der Waals surface area contributed by atoms with E-state index >= 15 is 0 Å². The highest BCUT2D eigenvalue weighted by molar-refractivity contribution is 9.10. The molecule has 6 heteroatoms. The van der Waals surface area contributed by atoms with Crippen LogP contribution >= 0.6 is 27.3 Å². The number of carbonyl (C=O) groups is 1. The van der Waals surface area contributed by atoms with Crippen molar-refractivity contribution in [2.24, 2.45) is 0 Å². The number of carbonyl (C=O) groups excluding carboxylic acids is 1. The van der Waals surface area contributed by atoms with Gasteiger partial charge in [-0.15, -0.1) is 11.3 Å². The SMILES string of the molecule is CN(Cc1cc(Br)cs1)C(=O)C1CC(O)CN1. The number of rotatable bonds is 3. The van der Waals surface area contributed by atoms with Gasteiger partial charge in [0, 0.05) is 28.3 Å². The minimum atomic E-state index is -0.395. The van der Waals surface area contributed by atoms with Gasteiger partial charge in [-0.25, -0.2) is 0 Å². The number of amides is 1. The van der Waals surface area contributed by atoms with Gasteiger partial charge in [-0.05, 0) is 28.4 Å². The van der Waals surface area contributed by atoms with Crippen LogP contribution in [0.3, 0.4) is 0 Å². The fourth-order valence-corrected chi connectivity index (χ4v) is 3.42. The van der Waals surface area contributed by atoms with Gasteiger partial charge in [0.05, 0.1) is 18.7 Å². The molecule has 2 atom stereocenters. The molecule has 1 aromatic heterocycles. The number of halogens is 1. The number of hydrogen-bond acceptors (Lipinski definition) is 4. The second kappa shape index (κ2) is 5.48. The van der Waals surface area contributed by atoms with E-state index in [1.165, 1.54) is 0 Å². The number of likely N-dealkylation sites (N-methyl/N-ethyl adjacent to an activating group) is 1. The van der Waals surface area contributed by atoms with Crippen molar-refractivity contribution in [1.29, 1.82) is 0 Å². The average Bonchev–Trinajstić information content (AvgIpc) is 2.87. The molecule has 0 spiro atoms. The lowest BCUT2D eigenvalue weighted by Crippen LogP contribution is -2.41. The van der Waals surface area contributed by atoms with Crippen molar-refractivity contribution < 1.29 is 9.90 Å². The van der Waals surface area contributed by atoms with E-state index in [-0.39, 0.29) is 11.9 Å². The Morgan fingerprint density at radius 2 is 2.53 bits per heavy atom. The molecule has 1 aromatic rings. The number of nitrogens with zero attached hydrogens (tertiary/aromatic N) is 1. The van der Waals surface area contributed by atoms with E-state index in [1.807, 2.05) is 11.4 Å². The number of nitrogens with one attached hydrogen (secondary N) is 1. The van der Waals surface area contributed by atoms with Gasteiger partial charge in [0.25, 0.3) is 0 Å². The normalized spacial score (nSPS) is 23.9. The largest absolute Gasteiger partial charge is 0.392 e. The lowest BCUT2D eigenvalue weighted by molar-refractivity contribution is -0.132. The van der Waals surface area contributed by atoms with Crippen molar-refractivity contribution in [3.8, 4) is 0 Å². The van der Waals surface area contributed by atoms with Crippen molar-refractivity contribution in [2.45, 2.75) is 25.1 Å². The predicted octanol–water partition coefficient (Wildman–Crippen LogP) is 1.19. The van der Waals surface area contributed by atoms with E-state index in [0.717, 1.165) is 9.35 Å². The molecule has 2 rings (SSSR count). The molecule has 0 radical (unpaired) electrons. The van der Waals surface area contributed by atoms with Crippen LogP contribution in [0.2, 0.25) is 0 Å². The van der Waals surface area contributed by atoms with Crippen molar-refractivity contribution >= 4 is 33.2 Å². The Labute approximate surface area is 113 Å². The Morgan fingerprint density at radius 3 is 3.06 bits per heavy atom. The lowest BCUT2D eigenvalue weighted by Gasteiger charge is -2.20. The molecular weight excluding hydrogens is 304 g/mol. The van der Waals surface area contributed by atoms with Gasteiger partial charge in [0.2, 0.25) is 5.91 Å². The summed E-state index contributed by atoms with van der Waals surface area (Å²) in [5, 5.41) is 14.4. The van der Waals surface area contributed by atoms with E-state index in [9.17, 15) is 9.90 Å². The van der Waals surface area contributed by atoms with E-state index in [4.69, 9.17) is 0 Å². The Bertz CT molecular complexity index is 410. The molecule has 2 heterocycles. The zero-order valence-electron chi connectivity index (χ0n) is 9.52. The molecule has 1 aliphatic heterocycles. The minimum absolute atomic E-state index is 0.0473. The van der Waals surface area contributed by atoms with Crippen LogP contribution in [0.15, 0.2) is 15.9 Å². The second-order valence-corrected chi connectivity index (χ2v) is 6.19. The molecule has 1 amide bonds. The van der Waals surface area contributed by atoms with E-state index in [0.29, 0.717) is 19.5 Å². The first-order valence-corrected chi connectivity index (χ1v) is 7.13. The maximum Gasteiger partial charge on any atom is 0.239 e. The third-order valence-corrected chi connectivity index (χ3v) is 4.48. The molecule has 0 aromatic carbocycles. The Hall–Kier alpha value is -0.430. The first kappa shape index (κ1) is 13.0. The molecule has 0 bridgehead atoms. The zero-order valence-corrected chi connectivity index (χ0v) is 11.9. The molecule has 17 heavy (non-hydrogen) atoms. The summed E-state index contributed by atoms with van der Waals surface area (Å²) in [4.78, 5) is 14.9. The standard InChI is InChI=1S/C11H15BrN2O2S/c1-14(5-9-2-7(12)6-17-9)11(16)10-3-8(15)4-13-10/h2,6,8,10,13,15H,3-5H2,1H3. The molecular formula is C11H15BrN2O2S. The molecule has 1 aliphatic rings. The van der Waals surface area contributed by atoms with Gasteiger partial charge in [0.1, 0.15) is 0 Å². The summed E-state index contributed by atoms with van der Waals surface area (Å²) in [7, 11) is 1.79. The molecule has 0 saturated carbocycles. The summed E-state index contributed by atoms with van der Waals surface area (Å²) in [5.41, 5.74) is 0. The maximum absolute atomic E-state index is 12.0. The van der Waals surface area contributed by atoms with Crippen LogP contribution in [0.1, 0.15) is 11.3 Å². The van der Waals surface area contributed by atoms with Crippen LogP contribution < -0.4 is 5.32 Å². The van der Waals surface area contributed by atoms with Gasteiger partial charge in [-0.1, -0.05) is 0 Å². The highest BCUT2D eigenvalue weighted by atomic mass is 79.9. The number of thiophene rings is 1. The number of aliphatic hydroxyl groups excluding tert-OH is 1. The first-order valence-electron chi connectivity index (χ1n) is 5.45. The number of aliphatic hydroxyl groups is 1. The lowest BCUT2D eigenvalue weighted by atomic mass is 10.2. The van der Waals surface area contributed by atoms with Gasteiger partial charge in [0.15, 0.2) is 0 Å². The number of β-amino-alcohol motifs (C(OH)–C–C–N with tert-alkyl or cyclic N) is 1. The van der Waals surface area contributed by atoms with Crippen LogP contribution in [-0.4, -0.2) is 41.7 Å². The van der Waals surface area contributed by atoms with Crippen molar-refractivity contribution in [3.05, 3.63) is 20.8 Å². The molecule has 1 saturated heterocycles. The van der Waals surface area contributed by atoms with Crippen LogP contribution in [0.25, 0.3) is 0 Å². The summed E-state index contributed by atoms with van der Waals surface area (Å²) in [6.45, 7) is 1.12. The monoisotopic (exact) mass is 318 g/mol. The highest BCUT2D eigenvalue weighted by Crippen LogP contribution is 2.21. The topological polar surface area (TPSA) is 52.6 Å².